The maximum absolute atomic E-state index is 12.9. The van der Waals surface area contributed by atoms with Gasteiger partial charge in [0.15, 0.2) is 11.5 Å². The Hall–Kier alpha value is -2.05. The Bertz CT molecular complexity index is 792. The van der Waals surface area contributed by atoms with Gasteiger partial charge in [-0.2, -0.15) is 0 Å². The van der Waals surface area contributed by atoms with E-state index in [1.807, 2.05) is 28.4 Å². The Morgan fingerprint density at radius 1 is 1.10 bits per heavy atom. The van der Waals surface area contributed by atoms with Crippen molar-refractivity contribution < 1.29 is 14.3 Å². The molecule has 3 rings (SSSR count). The summed E-state index contributed by atoms with van der Waals surface area (Å²) in [6, 6.07) is 8.03. The molecule has 0 N–H and O–H groups in total. The van der Waals surface area contributed by atoms with Crippen molar-refractivity contribution in [1.82, 2.24) is 9.80 Å². The van der Waals surface area contributed by atoms with Crippen molar-refractivity contribution in [3.05, 3.63) is 45.6 Å². The van der Waals surface area contributed by atoms with Crippen LogP contribution in [-0.4, -0.2) is 63.2 Å². The molecule has 1 aromatic heterocycles. The molecule has 6 heteroatoms. The maximum atomic E-state index is 12.9. The van der Waals surface area contributed by atoms with Gasteiger partial charge < -0.3 is 19.3 Å². The zero-order chi connectivity index (χ0) is 20.6. The van der Waals surface area contributed by atoms with Crippen molar-refractivity contribution >= 4 is 17.2 Å². The van der Waals surface area contributed by atoms with Gasteiger partial charge in [-0.25, -0.2) is 0 Å². The van der Waals surface area contributed by atoms with Crippen LogP contribution in [0.2, 0.25) is 0 Å². The SMILES string of the molecule is COc1ccc2c(c1OC)CCN(CCCN(C)CCCCc1cccs1)C2=O. The number of thiophene rings is 1. The Kier molecular flexibility index (Phi) is 7.95. The Balaban J connectivity index is 1.42. The molecule has 0 bridgehead atoms. The summed E-state index contributed by atoms with van der Waals surface area (Å²) in [4.78, 5) is 18.7. The second-order valence-corrected chi connectivity index (χ2v) is 8.59. The predicted octanol–water partition coefficient (Wildman–Crippen LogP) is 4.11. The molecule has 0 atom stereocenters. The van der Waals surface area contributed by atoms with Crippen LogP contribution in [-0.2, 0) is 12.8 Å². The zero-order valence-corrected chi connectivity index (χ0v) is 18.6. The number of hydrogen-bond acceptors (Lipinski definition) is 5. The average molecular weight is 417 g/mol. The van der Waals surface area contributed by atoms with E-state index in [2.05, 4.69) is 29.5 Å². The van der Waals surface area contributed by atoms with E-state index in [9.17, 15) is 4.79 Å². The van der Waals surface area contributed by atoms with Gasteiger partial charge in [0.2, 0.25) is 0 Å². The van der Waals surface area contributed by atoms with E-state index < -0.39 is 0 Å². The third-order valence-corrected chi connectivity index (χ3v) is 6.49. The van der Waals surface area contributed by atoms with Gasteiger partial charge in [0.05, 0.1) is 14.2 Å². The normalized spacial score (nSPS) is 13.7. The van der Waals surface area contributed by atoms with Crippen LogP contribution in [0.4, 0.5) is 0 Å². The summed E-state index contributed by atoms with van der Waals surface area (Å²) in [5.41, 5.74) is 1.71. The summed E-state index contributed by atoms with van der Waals surface area (Å²) in [7, 11) is 5.43. The molecular formula is C23H32N2O3S. The van der Waals surface area contributed by atoms with E-state index in [0.29, 0.717) is 11.5 Å². The number of carbonyl (C=O) groups excluding carboxylic acids is 1. The molecule has 158 valence electrons. The lowest BCUT2D eigenvalue weighted by Gasteiger charge is -2.30. The molecule has 0 aliphatic carbocycles. The van der Waals surface area contributed by atoms with E-state index in [4.69, 9.17) is 9.47 Å². The third-order valence-electron chi connectivity index (χ3n) is 5.56. The molecule has 1 aliphatic rings. The topological polar surface area (TPSA) is 42.0 Å². The highest BCUT2D eigenvalue weighted by Gasteiger charge is 2.28. The molecule has 1 aliphatic heterocycles. The smallest absolute Gasteiger partial charge is 0.254 e. The highest BCUT2D eigenvalue weighted by atomic mass is 32.1. The van der Waals surface area contributed by atoms with Crippen molar-refractivity contribution in [3.8, 4) is 11.5 Å². The first-order valence-electron chi connectivity index (χ1n) is 10.4. The van der Waals surface area contributed by atoms with Gasteiger partial charge in [-0.1, -0.05) is 6.07 Å². The fraction of sp³-hybridized carbons (Fsp3) is 0.522. The standard InChI is InChI=1S/C23H32N2O3S/c1-24(13-5-4-8-18-9-6-17-29-18)14-7-15-25-16-12-19-20(23(25)26)10-11-21(27-2)22(19)28-3/h6,9-11,17H,4-5,7-8,12-16H2,1-3H3. The summed E-state index contributed by atoms with van der Waals surface area (Å²) in [6.07, 6.45) is 5.43. The number of carbonyl (C=O) groups is 1. The monoisotopic (exact) mass is 416 g/mol. The number of hydrogen-bond donors (Lipinski definition) is 0. The predicted molar refractivity (Wildman–Crippen MR) is 119 cm³/mol. The minimum Gasteiger partial charge on any atom is -0.493 e. The minimum absolute atomic E-state index is 0.103. The number of benzene rings is 1. The van der Waals surface area contributed by atoms with Crippen LogP contribution >= 0.6 is 11.3 Å². The number of amides is 1. The maximum Gasteiger partial charge on any atom is 0.254 e. The van der Waals surface area contributed by atoms with Gasteiger partial charge in [0.1, 0.15) is 0 Å². The summed E-state index contributed by atoms with van der Waals surface area (Å²) in [5.74, 6) is 1.49. The van der Waals surface area contributed by atoms with Crippen LogP contribution < -0.4 is 9.47 Å². The molecule has 1 amide bonds. The third kappa shape index (κ3) is 5.52. The number of unbranched alkanes of at least 4 members (excludes halogenated alkanes) is 1. The second kappa shape index (κ2) is 10.6. The number of fused-ring (bicyclic) bond motifs is 1. The van der Waals surface area contributed by atoms with Crippen molar-refractivity contribution in [3.63, 3.8) is 0 Å². The number of aryl methyl sites for hydroxylation is 1. The van der Waals surface area contributed by atoms with Crippen molar-refractivity contribution in [2.24, 2.45) is 0 Å². The Morgan fingerprint density at radius 2 is 1.93 bits per heavy atom. The van der Waals surface area contributed by atoms with Crippen LogP contribution in [0.1, 0.15) is 40.1 Å². The highest BCUT2D eigenvalue weighted by Crippen LogP contribution is 2.36. The lowest BCUT2D eigenvalue weighted by molar-refractivity contribution is 0.0731. The van der Waals surface area contributed by atoms with E-state index in [-0.39, 0.29) is 5.91 Å². The van der Waals surface area contributed by atoms with Crippen LogP contribution in [0.15, 0.2) is 29.6 Å². The fourth-order valence-corrected chi connectivity index (χ4v) is 4.70. The molecule has 0 unspecified atom stereocenters. The van der Waals surface area contributed by atoms with Crippen LogP contribution in [0.3, 0.4) is 0 Å². The molecule has 5 nitrogen and oxygen atoms in total. The van der Waals surface area contributed by atoms with E-state index in [0.717, 1.165) is 50.1 Å². The minimum atomic E-state index is 0.103. The molecule has 0 fully saturated rings. The van der Waals surface area contributed by atoms with Gasteiger partial charge in [-0.15, -0.1) is 11.3 Å². The van der Waals surface area contributed by atoms with E-state index in [1.165, 1.54) is 24.1 Å². The number of nitrogens with zero attached hydrogens (tertiary/aromatic N) is 2. The molecular weight excluding hydrogens is 384 g/mol. The molecule has 0 radical (unpaired) electrons. The fourth-order valence-electron chi connectivity index (χ4n) is 3.95. The molecule has 1 aromatic carbocycles. The molecule has 29 heavy (non-hydrogen) atoms. The summed E-state index contributed by atoms with van der Waals surface area (Å²) >= 11 is 1.85. The lowest BCUT2D eigenvalue weighted by Crippen LogP contribution is -2.39. The first kappa shape index (κ1) is 21.7. The van der Waals surface area contributed by atoms with Crippen LogP contribution in [0, 0.1) is 0 Å². The van der Waals surface area contributed by atoms with Gasteiger partial charge in [0, 0.05) is 29.1 Å². The first-order chi connectivity index (χ1) is 14.1. The first-order valence-corrected chi connectivity index (χ1v) is 11.3. The lowest BCUT2D eigenvalue weighted by atomic mass is 9.97. The zero-order valence-electron chi connectivity index (χ0n) is 17.8. The van der Waals surface area contributed by atoms with Crippen molar-refractivity contribution in [2.45, 2.75) is 32.1 Å². The van der Waals surface area contributed by atoms with Crippen molar-refractivity contribution in [2.75, 3.05) is 47.4 Å². The molecule has 2 aromatic rings. The summed E-state index contributed by atoms with van der Waals surface area (Å²) < 4.78 is 10.9. The van der Waals surface area contributed by atoms with Crippen LogP contribution in [0.25, 0.3) is 0 Å². The van der Waals surface area contributed by atoms with Crippen molar-refractivity contribution in [1.29, 1.82) is 0 Å². The molecule has 2 heterocycles. The van der Waals surface area contributed by atoms with E-state index >= 15 is 0 Å². The number of ether oxygens (including phenoxy) is 2. The summed E-state index contributed by atoms with van der Waals surface area (Å²) in [5, 5.41) is 2.15. The largest absolute Gasteiger partial charge is 0.493 e. The van der Waals surface area contributed by atoms with Gasteiger partial charge >= 0.3 is 0 Å². The summed E-state index contributed by atoms with van der Waals surface area (Å²) in [6.45, 7) is 3.66. The van der Waals surface area contributed by atoms with Crippen LogP contribution in [0.5, 0.6) is 11.5 Å². The Morgan fingerprint density at radius 3 is 2.66 bits per heavy atom. The molecule has 0 saturated carbocycles. The van der Waals surface area contributed by atoms with E-state index in [1.54, 1.807) is 14.2 Å². The van der Waals surface area contributed by atoms with Gasteiger partial charge in [0.25, 0.3) is 5.91 Å². The number of methoxy groups -OCH3 is 2. The highest BCUT2D eigenvalue weighted by molar-refractivity contribution is 7.09. The van der Waals surface area contributed by atoms with Gasteiger partial charge in [-0.3, -0.25) is 4.79 Å². The number of rotatable bonds is 11. The second-order valence-electron chi connectivity index (χ2n) is 7.56. The average Bonchev–Trinajstić information content (AvgIpc) is 3.25. The Labute approximate surface area is 178 Å². The quantitative estimate of drug-likeness (QED) is 0.517. The molecule has 0 saturated heterocycles. The molecule has 0 spiro atoms. The van der Waals surface area contributed by atoms with Gasteiger partial charge in [-0.05, 0) is 75.8 Å².